The van der Waals surface area contributed by atoms with Gasteiger partial charge in [-0.3, -0.25) is 0 Å². The van der Waals surface area contributed by atoms with E-state index in [1.54, 1.807) is 7.28 Å². The minimum atomic E-state index is 0.562. The lowest BCUT2D eigenvalue weighted by Crippen LogP contribution is -2.35. The summed E-state index contributed by atoms with van der Waals surface area (Å²) in [5.41, 5.74) is 0.562. The molecule has 0 saturated carbocycles. The number of rotatable bonds is 0. The number of fused-ring (bicyclic) bond motifs is 2. The summed E-state index contributed by atoms with van der Waals surface area (Å²) in [5.74, 6) is 3.20. The monoisotopic (exact) mass is 178 g/mol. The summed E-state index contributed by atoms with van der Waals surface area (Å²) in [6.45, 7) is 7.31. The largest absolute Gasteiger partial charge is 0.127 e. The molecule has 1 heteroatoms. The van der Waals surface area contributed by atoms with E-state index in [0.717, 1.165) is 17.6 Å². The highest BCUT2D eigenvalue weighted by Crippen LogP contribution is 2.50. The first-order valence-corrected chi connectivity index (χ1v) is 6.07. The van der Waals surface area contributed by atoms with Crippen LogP contribution in [0.15, 0.2) is 0 Å². The summed E-state index contributed by atoms with van der Waals surface area (Å²) in [6.07, 6.45) is 7.62. The van der Waals surface area contributed by atoms with Gasteiger partial charge in [0.1, 0.15) is 7.28 Å². The molecule has 2 aliphatic heterocycles. The molecule has 0 aromatic carbocycles. The van der Waals surface area contributed by atoms with Crippen molar-refractivity contribution in [2.24, 2.45) is 11.3 Å². The van der Waals surface area contributed by atoms with E-state index in [2.05, 4.69) is 20.8 Å². The number of hydrogen-bond donors (Lipinski definition) is 0. The Bertz CT molecular complexity index is 180. The Morgan fingerprint density at radius 3 is 2.46 bits per heavy atom. The van der Waals surface area contributed by atoms with Crippen LogP contribution >= 0.6 is 0 Å². The normalized spacial score (nSPS) is 39.8. The standard InChI is InChI=1S/C12H23B/c1-12(2,3)10-8-7-9-5-4-6-11(10)13-9/h9-11,13H,4-8H2,1-3H3. The quantitative estimate of drug-likeness (QED) is 0.497. The maximum absolute atomic E-state index is 2.44. The van der Waals surface area contributed by atoms with Crippen LogP contribution in [0, 0.1) is 11.3 Å². The Kier molecular flexibility index (Phi) is 2.46. The lowest BCUT2D eigenvalue weighted by molar-refractivity contribution is 0.178. The molecule has 0 radical (unpaired) electrons. The molecule has 0 aromatic rings. The van der Waals surface area contributed by atoms with Crippen LogP contribution in [0.3, 0.4) is 0 Å². The Labute approximate surface area is 83.7 Å². The summed E-state index contributed by atoms with van der Waals surface area (Å²) in [5, 5.41) is 0. The lowest BCUT2D eigenvalue weighted by Gasteiger charge is -2.45. The Hall–Kier alpha value is 0.0649. The van der Waals surface area contributed by atoms with E-state index in [0.29, 0.717) is 5.41 Å². The zero-order chi connectivity index (χ0) is 9.47. The second-order valence-electron chi connectivity index (χ2n) is 6.34. The second kappa shape index (κ2) is 3.33. The maximum Gasteiger partial charge on any atom is 0.127 e. The first-order chi connectivity index (χ1) is 6.07. The molecule has 13 heavy (non-hydrogen) atoms. The molecule has 2 aliphatic rings. The van der Waals surface area contributed by atoms with Crippen molar-refractivity contribution in [1.82, 2.24) is 0 Å². The van der Waals surface area contributed by atoms with Gasteiger partial charge in [0.25, 0.3) is 0 Å². The number of hydrogen-bond acceptors (Lipinski definition) is 0. The van der Waals surface area contributed by atoms with Gasteiger partial charge in [0.2, 0.25) is 0 Å². The summed E-state index contributed by atoms with van der Waals surface area (Å²) in [4.78, 5) is 0. The fourth-order valence-corrected chi connectivity index (χ4v) is 3.75. The highest BCUT2D eigenvalue weighted by molar-refractivity contribution is 6.40. The zero-order valence-corrected chi connectivity index (χ0v) is 9.47. The Morgan fingerprint density at radius 2 is 1.77 bits per heavy atom. The molecule has 2 fully saturated rings. The lowest BCUT2D eigenvalue weighted by atomic mass is 9.39. The third-order valence-corrected chi connectivity index (χ3v) is 4.39. The van der Waals surface area contributed by atoms with Crippen LogP contribution in [0.5, 0.6) is 0 Å². The predicted octanol–water partition coefficient (Wildman–Crippen LogP) is 3.64. The third-order valence-electron chi connectivity index (χ3n) is 4.39. The average Bonchev–Trinajstić information content (AvgIpc) is 2.02. The van der Waals surface area contributed by atoms with Gasteiger partial charge in [0, 0.05) is 0 Å². The molecule has 0 aromatic heterocycles. The summed E-state index contributed by atoms with van der Waals surface area (Å²) in [7, 11) is 1.56. The molecule has 3 unspecified atom stereocenters. The van der Waals surface area contributed by atoms with Crippen LogP contribution in [0.25, 0.3) is 0 Å². The molecular weight excluding hydrogens is 155 g/mol. The minimum Gasteiger partial charge on any atom is -0.0654 e. The molecule has 2 heterocycles. The van der Waals surface area contributed by atoms with Crippen molar-refractivity contribution in [3.8, 4) is 0 Å². The summed E-state index contributed by atoms with van der Waals surface area (Å²) < 4.78 is 0. The van der Waals surface area contributed by atoms with Crippen LogP contribution in [0.1, 0.15) is 52.9 Å². The van der Waals surface area contributed by atoms with Crippen LogP contribution < -0.4 is 0 Å². The van der Waals surface area contributed by atoms with E-state index in [4.69, 9.17) is 0 Å². The van der Waals surface area contributed by atoms with Gasteiger partial charge < -0.3 is 0 Å². The van der Waals surface area contributed by atoms with Crippen molar-refractivity contribution in [1.29, 1.82) is 0 Å². The van der Waals surface area contributed by atoms with E-state index < -0.39 is 0 Å². The third kappa shape index (κ3) is 1.95. The van der Waals surface area contributed by atoms with Gasteiger partial charge in [0.05, 0.1) is 0 Å². The molecule has 2 saturated heterocycles. The molecule has 3 atom stereocenters. The second-order valence-corrected chi connectivity index (χ2v) is 6.34. The SMILES string of the molecule is CC(C)(C)C1CCC2BC1CCC2. The fourth-order valence-electron chi connectivity index (χ4n) is 3.75. The minimum absolute atomic E-state index is 0.562. The highest BCUT2D eigenvalue weighted by Gasteiger charge is 2.39. The highest BCUT2D eigenvalue weighted by atomic mass is 14.4. The Morgan fingerprint density at radius 1 is 1.00 bits per heavy atom. The van der Waals surface area contributed by atoms with E-state index >= 15 is 0 Å². The van der Waals surface area contributed by atoms with E-state index in [1.165, 1.54) is 32.1 Å². The van der Waals surface area contributed by atoms with Crippen LogP contribution in [-0.2, 0) is 0 Å². The smallest absolute Gasteiger partial charge is 0.0654 e. The van der Waals surface area contributed by atoms with Crippen molar-refractivity contribution in [3.05, 3.63) is 0 Å². The van der Waals surface area contributed by atoms with E-state index in [1.807, 2.05) is 0 Å². The van der Waals surface area contributed by atoms with Gasteiger partial charge in [-0.05, 0) is 11.3 Å². The van der Waals surface area contributed by atoms with Crippen molar-refractivity contribution in [2.45, 2.75) is 64.5 Å². The van der Waals surface area contributed by atoms with Crippen molar-refractivity contribution >= 4 is 7.28 Å². The van der Waals surface area contributed by atoms with Gasteiger partial charge in [-0.2, -0.15) is 0 Å². The van der Waals surface area contributed by atoms with Gasteiger partial charge in [-0.15, -0.1) is 0 Å². The van der Waals surface area contributed by atoms with Gasteiger partial charge in [0.15, 0.2) is 0 Å². The fraction of sp³-hybridized carbons (Fsp3) is 1.00. The maximum atomic E-state index is 2.44. The molecule has 0 spiro atoms. The van der Waals surface area contributed by atoms with Crippen LogP contribution in [-0.4, -0.2) is 7.28 Å². The van der Waals surface area contributed by atoms with E-state index in [-0.39, 0.29) is 0 Å². The topological polar surface area (TPSA) is 0 Å². The zero-order valence-electron chi connectivity index (χ0n) is 9.47. The molecule has 0 amide bonds. The average molecular weight is 178 g/mol. The van der Waals surface area contributed by atoms with E-state index in [9.17, 15) is 0 Å². The molecule has 0 aliphatic carbocycles. The molecule has 2 rings (SSSR count). The van der Waals surface area contributed by atoms with Crippen molar-refractivity contribution in [3.63, 3.8) is 0 Å². The molecular formula is C12H23B. The van der Waals surface area contributed by atoms with Gasteiger partial charge >= 0.3 is 0 Å². The first-order valence-electron chi connectivity index (χ1n) is 6.07. The van der Waals surface area contributed by atoms with Crippen LogP contribution in [0.4, 0.5) is 0 Å². The molecule has 2 bridgehead atoms. The van der Waals surface area contributed by atoms with Gasteiger partial charge in [-0.1, -0.05) is 64.5 Å². The first kappa shape index (κ1) is 9.61. The van der Waals surface area contributed by atoms with Crippen molar-refractivity contribution in [2.75, 3.05) is 0 Å². The molecule has 0 nitrogen and oxygen atoms in total. The molecule has 74 valence electrons. The Balaban J connectivity index is 2.05. The van der Waals surface area contributed by atoms with Crippen molar-refractivity contribution < 1.29 is 0 Å². The summed E-state index contributed by atoms with van der Waals surface area (Å²) in [6, 6.07) is 0. The van der Waals surface area contributed by atoms with Gasteiger partial charge in [-0.25, -0.2) is 0 Å². The predicted molar refractivity (Wildman–Crippen MR) is 60.7 cm³/mol. The summed E-state index contributed by atoms with van der Waals surface area (Å²) >= 11 is 0. The molecule has 0 N–H and O–H groups in total. The van der Waals surface area contributed by atoms with Crippen LogP contribution in [0.2, 0.25) is 11.6 Å².